The number of aryl methyl sites for hydroxylation is 1. The Hall–Kier alpha value is -0.870. The van der Waals surface area contributed by atoms with Crippen LogP contribution in [-0.2, 0) is 11.8 Å². The van der Waals surface area contributed by atoms with Crippen LogP contribution in [0.15, 0.2) is 12.4 Å². The predicted molar refractivity (Wildman–Crippen MR) is 58.3 cm³/mol. The smallest absolute Gasteiger partial charge is 0.0847 e. The van der Waals surface area contributed by atoms with Crippen molar-refractivity contribution in [3.8, 4) is 0 Å². The summed E-state index contributed by atoms with van der Waals surface area (Å²) in [5.41, 5.74) is 7.08. The number of aromatic nitrogens is 2. The molecule has 2 heterocycles. The van der Waals surface area contributed by atoms with Crippen LogP contribution in [0.4, 0.5) is 0 Å². The molecule has 0 amide bonds. The molecule has 2 rings (SSSR count). The number of hydrogen-bond acceptors (Lipinski definition) is 3. The Morgan fingerprint density at radius 1 is 1.60 bits per heavy atom. The Morgan fingerprint density at radius 3 is 2.93 bits per heavy atom. The number of ether oxygens (including phenoxy) is 1. The van der Waals surface area contributed by atoms with Gasteiger partial charge in [0.05, 0.1) is 17.8 Å². The van der Waals surface area contributed by atoms with Crippen molar-refractivity contribution in [3.63, 3.8) is 0 Å². The highest BCUT2D eigenvalue weighted by Crippen LogP contribution is 2.34. The first-order valence-electron chi connectivity index (χ1n) is 5.50. The van der Waals surface area contributed by atoms with Gasteiger partial charge in [0.1, 0.15) is 0 Å². The molecule has 2 atom stereocenters. The lowest BCUT2D eigenvalue weighted by atomic mass is 9.86. The summed E-state index contributed by atoms with van der Waals surface area (Å²) in [4.78, 5) is 0. The van der Waals surface area contributed by atoms with Crippen LogP contribution in [0, 0.1) is 0 Å². The largest absolute Gasteiger partial charge is 0.373 e. The van der Waals surface area contributed by atoms with Crippen molar-refractivity contribution in [1.82, 2.24) is 9.78 Å². The second-order valence-electron chi connectivity index (χ2n) is 4.54. The summed E-state index contributed by atoms with van der Waals surface area (Å²) in [6.45, 7) is 2.92. The van der Waals surface area contributed by atoms with E-state index in [2.05, 4.69) is 12.0 Å². The first-order valence-corrected chi connectivity index (χ1v) is 5.50. The topological polar surface area (TPSA) is 53.1 Å². The Bertz CT molecular complexity index is 328. The minimum absolute atomic E-state index is 0.0773. The van der Waals surface area contributed by atoms with Gasteiger partial charge >= 0.3 is 0 Å². The Labute approximate surface area is 90.4 Å². The van der Waals surface area contributed by atoms with Crippen molar-refractivity contribution in [2.75, 3.05) is 6.61 Å². The molecule has 2 unspecified atom stereocenters. The fourth-order valence-electron chi connectivity index (χ4n) is 2.15. The summed E-state index contributed by atoms with van der Waals surface area (Å²) in [5.74, 6) is 0. The van der Waals surface area contributed by atoms with E-state index in [1.807, 2.05) is 19.4 Å². The molecule has 15 heavy (non-hydrogen) atoms. The van der Waals surface area contributed by atoms with Gasteiger partial charge in [-0.3, -0.25) is 4.68 Å². The third-order valence-electron chi connectivity index (χ3n) is 3.24. The van der Waals surface area contributed by atoms with Crippen LogP contribution in [0.3, 0.4) is 0 Å². The molecule has 0 bridgehead atoms. The lowest BCUT2D eigenvalue weighted by molar-refractivity contribution is -0.0820. The number of rotatable bonds is 2. The fraction of sp³-hybridized carbons (Fsp3) is 0.727. The van der Waals surface area contributed by atoms with Crippen molar-refractivity contribution in [3.05, 3.63) is 18.0 Å². The van der Waals surface area contributed by atoms with E-state index >= 15 is 0 Å². The van der Waals surface area contributed by atoms with Gasteiger partial charge in [-0.25, -0.2) is 0 Å². The maximum Gasteiger partial charge on any atom is 0.0847 e. The SMILES string of the molecule is Cn1cc(C(N)C2(C)CCCCO2)cn1. The Kier molecular flexibility index (Phi) is 2.80. The molecule has 4 nitrogen and oxygen atoms in total. The second kappa shape index (κ2) is 3.94. The number of nitrogens with zero attached hydrogens (tertiary/aromatic N) is 2. The van der Waals surface area contributed by atoms with Crippen molar-refractivity contribution in [1.29, 1.82) is 0 Å². The minimum atomic E-state index is -0.221. The lowest BCUT2D eigenvalue weighted by Gasteiger charge is -2.38. The first kappa shape index (κ1) is 10.6. The average Bonchev–Trinajstić information content (AvgIpc) is 2.65. The minimum Gasteiger partial charge on any atom is -0.373 e. The zero-order valence-corrected chi connectivity index (χ0v) is 9.44. The van der Waals surface area contributed by atoms with Crippen molar-refractivity contribution in [2.45, 2.75) is 37.8 Å². The summed E-state index contributed by atoms with van der Waals surface area (Å²) in [6, 6.07) is -0.0773. The summed E-state index contributed by atoms with van der Waals surface area (Å²) >= 11 is 0. The zero-order valence-electron chi connectivity index (χ0n) is 9.44. The van der Waals surface area contributed by atoms with Gasteiger partial charge in [0.15, 0.2) is 0 Å². The van der Waals surface area contributed by atoms with Crippen molar-refractivity contribution in [2.24, 2.45) is 12.8 Å². The van der Waals surface area contributed by atoms with Gasteiger partial charge < -0.3 is 10.5 Å². The highest BCUT2D eigenvalue weighted by Gasteiger charge is 2.35. The molecule has 0 spiro atoms. The highest BCUT2D eigenvalue weighted by atomic mass is 16.5. The molecule has 1 aliphatic rings. The molecule has 1 saturated heterocycles. The summed E-state index contributed by atoms with van der Waals surface area (Å²) in [6.07, 6.45) is 7.17. The first-order chi connectivity index (χ1) is 7.12. The summed E-state index contributed by atoms with van der Waals surface area (Å²) in [5, 5.41) is 4.14. The molecule has 4 heteroatoms. The monoisotopic (exact) mass is 209 g/mol. The number of hydrogen-bond donors (Lipinski definition) is 1. The van der Waals surface area contributed by atoms with Crippen LogP contribution in [0.5, 0.6) is 0 Å². The van der Waals surface area contributed by atoms with E-state index in [1.165, 1.54) is 6.42 Å². The van der Waals surface area contributed by atoms with Crippen LogP contribution in [0.2, 0.25) is 0 Å². The molecule has 1 aromatic heterocycles. The molecule has 1 aliphatic heterocycles. The third kappa shape index (κ3) is 2.06. The van der Waals surface area contributed by atoms with Gasteiger partial charge in [-0.15, -0.1) is 0 Å². The van der Waals surface area contributed by atoms with E-state index in [9.17, 15) is 0 Å². The highest BCUT2D eigenvalue weighted by molar-refractivity contribution is 5.15. The van der Waals surface area contributed by atoms with Crippen LogP contribution in [0.25, 0.3) is 0 Å². The van der Waals surface area contributed by atoms with E-state index in [1.54, 1.807) is 4.68 Å². The van der Waals surface area contributed by atoms with Crippen LogP contribution in [0.1, 0.15) is 37.8 Å². The van der Waals surface area contributed by atoms with Crippen molar-refractivity contribution >= 4 is 0 Å². The van der Waals surface area contributed by atoms with Gasteiger partial charge in [0, 0.05) is 25.4 Å². The van der Waals surface area contributed by atoms with Gasteiger partial charge in [-0.1, -0.05) is 0 Å². The predicted octanol–water partition coefficient (Wildman–Crippen LogP) is 1.38. The van der Waals surface area contributed by atoms with E-state index < -0.39 is 0 Å². The summed E-state index contributed by atoms with van der Waals surface area (Å²) in [7, 11) is 1.90. The quantitative estimate of drug-likeness (QED) is 0.800. The maximum absolute atomic E-state index is 6.24. The number of nitrogens with two attached hydrogens (primary N) is 1. The maximum atomic E-state index is 6.24. The zero-order chi connectivity index (χ0) is 10.9. The van der Waals surface area contributed by atoms with Crippen molar-refractivity contribution < 1.29 is 4.74 Å². The summed E-state index contributed by atoms with van der Waals surface area (Å²) < 4.78 is 7.61. The van der Waals surface area contributed by atoms with E-state index in [4.69, 9.17) is 10.5 Å². The van der Waals surface area contributed by atoms with Crippen LogP contribution in [-0.4, -0.2) is 22.0 Å². The van der Waals surface area contributed by atoms with Gasteiger partial charge in [0.2, 0.25) is 0 Å². The molecule has 1 aromatic rings. The average molecular weight is 209 g/mol. The van der Waals surface area contributed by atoms with E-state index in [0.717, 1.165) is 25.0 Å². The molecule has 1 fully saturated rings. The van der Waals surface area contributed by atoms with E-state index in [-0.39, 0.29) is 11.6 Å². The standard InChI is InChI=1S/C11H19N3O/c1-11(5-3-4-6-15-11)10(12)9-7-13-14(2)8-9/h7-8,10H,3-6,12H2,1-2H3. The molecular weight excluding hydrogens is 190 g/mol. The molecule has 84 valence electrons. The Morgan fingerprint density at radius 2 is 2.40 bits per heavy atom. The fourth-order valence-corrected chi connectivity index (χ4v) is 2.15. The van der Waals surface area contributed by atoms with Gasteiger partial charge in [0.25, 0.3) is 0 Å². The normalized spacial score (nSPS) is 29.0. The molecule has 2 N–H and O–H groups in total. The molecule has 0 radical (unpaired) electrons. The molecule has 0 saturated carbocycles. The second-order valence-corrected chi connectivity index (χ2v) is 4.54. The lowest BCUT2D eigenvalue weighted by Crippen LogP contribution is -2.43. The molecular formula is C11H19N3O. The van der Waals surface area contributed by atoms with Crippen LogP contribution >= 0.6 is 0 Å². The van der Waals surface area contributed by atoms with E-state index in [0.29, 0.717) is 0 Å². The van der Waals surface area contributed by atoms with Gasteiger partial charge in [-0.05, 0) is 26.2 Å². The van der Waals surface area contributed by atoms with Gasteiger partial charge in [-0.2, -0.15) is 5.10 Å². The van der Waals surface area contributed by atoms with Crippen LogP contribution < -0.4 is 5.73 Å². The molecule has 0 aliphatic carbocycles. The third-order valence-corrected chi connectivity index (χ3v) is 3.24. The molecule has 0 aromatic carbocycles. The Balaban J connectivity index is 2.15.